The molecule has 1 rings (SSSR count). The molecule has 0 aliphatic carbocycles. The number of ether oxygens (including phenoxy) is 2. The zero-order valence-electron chi connectivity index (χ0n) is 12.3. The second kappa shape index (κ2) is 9.73. The number of rotatable bonds is 9. The minimum absolute atomic E-state index is 0.634. The first kappa shape index (κ1) is 15.9. The first-order valence-electron chi connectivity index (χ1n) is 7.38. The Morgan fingerprint density at radius 1 is 1.06 bits per heavy atom. The summed E-state index contributed by atoms with van der Waals surface area (Å²) in [5, 5.41) is 3.52. The zero-order valence-corrected chi connectivity index (χ0v) is 12.3. The maximum Gasteiger partial charge on any atom is 0.0593 e. The first-order chi connectivity index (χ1) is 8.77. The van der Waals surface area contributed by atoms with E-state index in [-0.39, 0.29) is 0 Å². The highest BCUT2D eigenvalue weighted by atomic mass is 16.5. The Bertz CT molecular complexity index is 192. The Labute approximate surface area is 112 Å². The fourth-order valence-corrected chi connectivity index (χ4v) is 2.53. The second-order valence-corrected chi connectivity index (χ2v) is 5.08. The van der Waals surface area contributed by atoms with Crippen molar-refractivity contribution in [1.82, 2.24) is 10.2 Å². The minimum Gasteiger partial charge on any atom is -0.380 e. The summed E-state index contributed by atoms with van der Waals surface area (Å²) >= 11 is 0. The van der Waals surface area contributed by atoms with Crippen LogP contribution in [0, 0.1) is 5.92 Å². The topological polar surface area (TPSA) is 33.7 Å². The molecule has 0 aromatic heterocycles. The Balaban J connectivity index is 2.35. The molecule has 0 saturated carbocycles. The fraction of sp³-hybridized carbons (Fsp3) is 1.00. The molecule has 108 valence electrons. The van der Waals surface area contributed by atoms with Crippen molar-refractivity contribution < 1.29 is 9.47 Å². The molecular formula is C14H30N2O2. The third-order valence-electron chi connectivity index (χ3n) is 3.52. The molecule has 1 aliphatic heterocycles. The van der Waals surface area contributed by atoms with Crippen LogP contribution in [0.1, 0.15) is 27.2 Å². The van der Waals surface area contributed by atoms with Gasteiger partial charge in [0.25, 0.3) is 0 Å². The third kappa shape index (κ3) is 6.14. The lowest BCUT2D eigenvalue weighted by Gasteiger charge is -2.37. The highest BCUT2D eigenvalue weighted by Crippen LogP contribution is 2.15. The van der Waals surface area contributed by atoms with Crippen LogP contribution in [-0.2, 0) is 9.47 Å². The number of hydrogen-bond donors (Lipinski definition) is 1. The molecule has 0 aromatic carbocycles. The van der Waals surface area contributed by atoms with Crippen LogP contribution >= 0.6 is 0 Å². The molecular weight excluding hydrogens is 228 g/mol. The highest BCUT2D eigenvalue weighted by Gasteiger charge is 2.23. The fourth-order valence-electron chi connectivity index (χ4n) is 2.53. The Morgan fingerprint density at radius 2 is 1.67 bits per heavy atom. The maximum atomic E-state index is 5.49. The lowest BCUT2D eigenvalue weighted by molar-refractivity contribution is 0.0511. The van der Waals surface area contributed by atoms with Gasteiger partial charge < -0.3 is 14.8 Å². The van der Waals surface area contributed by atoms with Gasteiger partial charge in [-0.2, -0.15) is 0 Å². The van der Waals surface area contributed by atoms with Crippen LogP contribution in [0.2, 0.25) is 0 Å². The van der Waals surface area contributed by atoms with E-state index in [1.54, 1.807) is 0 Å². The number of piperidine rings is 1. The van der Waals surface area contributed by atoms with Gasteiger partial charge in [0.05, 0.1) is 13.2 Å². The van der Waals surface area contributed by atoms with Crippen molar-refractivity contribution in [3.05, 3.63) is 0 Å². The van der Waals surface area contributed by atoms with Gasteiger partial charge in [-0.15, -0.1) is 0 Å². The molecule has 0 bridgehead atoms. The third-order valence-corrected chi connectivity index (χ3v) is 3.52. The van der Waals surface area contributed by atoms with Crippen LogP contribution in [0.3, 0.4) is 0 Å². The van der Waals surface area contributed by atoms with Crippen molar-refractivity contribution in [2.45, 2.75) is 33.2 Å². The lowest BCUT2D eigenvalue weighted by atomic mass is 9.96. The molecule has 0 radical (unpaired) electrons. The largest absolute Gasteiger partial charge is 0.380 e. The molecule has 0 spiro atoms. The van der Waals surface area contributed by atoms with E-state index in [2.05, 4.69) is 31.0 Å². The van der Waals surface area contributed by atoms with E-state index in [0.717, 1.165) is 58.5 Å². The summed E-state index contributed by atoms with van der Waals surface area (Å²) in [4.78, 5) is 2.52. The molecule has 1 N–H and O–H groups in total. The van der Waals surface area contributed by atoms with E-state index in [0.29, 0.717) is 6.04 Å². The predicted octanol–water partition coefficient (Wildman–Crippen LogP) is 1.36. The molecule has 0 amide bonds. The first-order valence-corrected chi connectivity index (χ1v) is 7.38. The zero-order chi connectivity index (χ0) is 13.2. The average molecular weight is 258 g/mol. The Hall–Kier alpha value is -0.160. The second-order valence-electron chi connectivity index (χ2n) is 5.08. The predicted molar refractivity (Wildman–Crippen MR) is 75.0 cm³/mol. The monoisotopic (exact) mass is 258 g/mol. The summed E-state index contributed by atoms with van der Waals surface area (Å²) in [6.07, 6.45) is 1.28. The van der Waals surface area contributed by atoms with Gasteiger partial charge >= 0.3 is 0 Å². The molecule has 1 heterocycles. The minimum atomic E-state index is 0.634. The van der Waals surface area contributed by atoms with Gasteiger partial charge in [-0.25, -0.2) is 0 Å². The summed E-state index contributed by atoms with van der Waals surface area (Å²) in [6, 6.07) is 0.634. The van der Waals surface area contributed by atoms with Gasteiger partial charge in [0, 0.05) is 38.9 Å². The van der Waals surface area contributed by atoms with Gasteiger partial charge in [-0.1, -0.05) is 6.92 Å². The molecule has 4 heteroatoms. The van der Waals surface area contributed by atoms with Crippen LogP contribution in [0.25, 0.3) is 0 Å². The van der Waals surface area contributed by atoms with E-state index >= 15 is 0 Å². The van der Waals surface area contributed by atoms with Gasteiger partial charge in [0.2, 0.25) is 0 Å². The summed E-state index contributed by atoms with van der Waals surface area (Å²) < 4.78 is 11.0. The smallest absolute Gasteiger partial charge is 0.0593 e. The van der Waals surface area contributed by atoms with Gasteiger partial charge in [-0.05, 0) is 32.7 Å². The molecule has 18 heavy (non-hydrogen) atoms. The van der Waals surface area contributed by atoms with Crippen LogP contribution in [-0.4, -0.2) is 63.5 Å². The molecule has 0 aromatic rings. The van der Waals surface area contributed by atoms with E-state index in [9.17, 15) is 0 Å². The standard InChI is InChI=1S/C14H30N2O2/c1-4-17-8-6-16(7-9-18-5-2)14-10-13(3)11-15-12-14/h13-15H,4-12H2,1-3H3. The molecule has 1 aliphatic rings. The normalized spacial score (nSPS) is 24.7. The average Bonchev–Trinajstić information content (AvgIpc) is 2.37. The van der Waals surface area contributed by atoms with E-state index in [4.69, 9.17) is 9.47 Å². The molecule has 4 nitrogen and oxygen atoms in total. The summed E-state index contributed by atoms with van der Waals surface area (Å²) in [6.45, 7) is 14.0. The van der Waals surface area contributed by atoms with Crippen molar-refractivity contribution in [3.63, 3.8) is 0 Å². The van der Waals surface area contributed by atoms with Crippen LogP contribution in [0.15, 0.2) is 0 Å². The van der Waals surface area contributed by atoms with E-state index in [1.165, 1.54) is 6.42 Å². The van der Waals surface area contributed by atoms with E-state index in [1.807, 2.05) is 0 Å². The van der Waals surface area contributed by atoms with Crippen molar-refractivity contribution >= 4 is 0 Å². The van der Waals surface area contributed by atoms with Crippen molar-refractivity contribution in [2.75, 3.05) is 52.6 Å². The molecule has 2 atom stereocenters. The van der Waals surface area contributed by atoms with Crippen molar-refractivity contribution in [1.29, 1.82) is 0 Å². The van der Waals surface area contributed by atoms with Gasteiger partial charge in [0.15, 0.2) is 0 Å². The summed E-state index contributed by atoms with van der Waals surface area (Å²) in [7, 11) is 0. The van der Waals surface area contributed by atoms with Gasteiger partial charge in [0.1, 0.15) is 0 Å². The van der Waals surface area contributed by atoms with Crippen LogP contribution in [0.4, 0.5) is 0 Å². The Kier molecular flexibility index (Phi) is 8.59. The van der Waals surface area contributed by atoms with Crippen molar-refractivity contribution in [2.24, 2.45) is 5.92 Å². The van der Waals surface area contributed by atoms with E-state index < -0.39 is 0 Å². The molecule has 1 saturated heterocycles. The SMILES string of the molecule is CCOCCN(CCOCC)C1CNCC(C)C1. The summed E-state index contributed by atoms with van der Waals surface area (Å²) in [5.41, 5.74) is 0. The Morgan fingerprint density at radius 3 is 2.17 bits per heavy atom. The number of nitrogens with zero attached hydrogens (tertiary/aromatic N) is 1. The quantitative estimate of drug-likeness (QED) is 0.633. The number of hydrogen-bond acceptors (Lipinski definition) is 4. The van der Waals surface area contributed by atoms with Crippen LogP contribution in [0.5, 0.6) is 0 Å². The maximum absolute atomic E-state index is 5.49. The number of nitrogens with one attached hydrogen (secondary N) is 1. The van der Waals surface area contributed by atoms with Gasteiger partial charge in [-0.3, -0.25) is 4.90 Å². The lowest BCUT2D eigenvalue weighted by Crippen LogP contribution is -2.50. The molecule has 2 unspecified atom stereocenters. The van der Waals surface area contributed by atoms with Crippen LogP contribution < -0.4 is 5.32 Å². The summed E-state index contributed by atoms with van der Waals surface area (Å²) in [5.74, 6) is 0.769. The van der Waals surface area contributed by atoms with Crippen molar-refractivity contribution in [3.8, 4) is 0 Å². The highest BCUT2D eigenvalue weighted by molar-refractivity contribution is 4.81. The molecule has 1 fully saturated rings.